The first-order valence-electron chi connectivity index (χ1n) is 6.45. The van der Waals surface area contributed by atoms with E-state index in [1.54, 1.807) is 12.1 Å². The normalized spacial score (nSPS) is 10.8. The van der Waals surface area contributed by atoms with Crippen LogP contribution in [0.1, 0.15) is 34.2 Å². The Kier molecular flexibility index (Phi) is 4.66. The van der Waals surface area contributed by atoms with Gasteiger partial charge in [-0.25, -0.2) is 0 Å². The maximum Gasteiger partial charge on any atom is 0.169 e. The zero-order chi connectivity index (χ0) is 14.9. The second-order valence-electron chi connectivity index (χ2n) is 4.72. The van der Waals surface area contributed by atoms with Gasteiger partial charge in [-0.05, 0) is 54.4 Å². The van der Waals surface area contributed by atoms with E-state index in [4.69, 9.17) is 11.6 Å². The van der Waals surface area contributed by atoms with Crippen molar-refractivity contribution < 1.29 is 4.79 Å². The molecule has 0 bridgehead atoms. The highest BCUT2D eigenvalue weighted by Crippen LogP contribution is 2.24. The van der Waals surface area contributed by atoms with E-state index in [2.05, 4.69) is 21.0 Å². The summed E-state index contributed by atoms with van der Waals surface area (Å²) in [7, 11) is 0. The van der Waals surface area contributed by atoms with Crippen LogP contribution in [0.25, 0.3) is 0 Å². The van der Waals surface area contributed by atoms with Crippen LogP contribution in [0.2, 0.25) is 5.02 Å². The molecule has 0 spiro atoms. The lowest BCUT2D eigenvalue weighted by Crippen LogP contribution is -2.11. The van der Waals surface area contributed by atoms with Crippen LogP contribution >= 0.6 is 27.5 Å². The number of ketones is 1. The maximum atomic E-state index is 12.5. The number of halogens is 2. The second-order valence-corrected chi connectivity index (χ2v) is 5.95. The van der Waals surface area contributed by atoms with Gasteiger partial charge in [-0.1, -0.05) is 17.7 Å². The van der Waals surface area contributed by atoms with E-state index in [1.807, 2.05) is 31.5 Å². The van der Waals surface area contributed by atoms with E-state index in [9.17, 15) is 4.79 Å². The number of carbonyl (C=O) groups is 1. The molecule has 0 amide bonds. The highest BCUT2D eigenvalue weighted by Gasteiger charge is 2.18. The number of rotatable bonds is 4. The van der Waals surface area contributed by atoms with Crippen molar-refractivity contribution in [2.24, 2.45) is 0 Å². The first-order valence-corrected chi connectivity index (χ1v) is 7.62. The summed E-state index contributed by atoms with van der Waals surface area (Å²) >= 11 is 9.49. The van der Waals surface area contributed by atoms with Crippen LogP contribution in [0.5, 0.6) is 0 Å². The average molecular weight is 356 g/mol. The van der Waals surface area contributed by atoms with Crippen LogP contribution in [0, 0.1) is 13.8 Å². The van der Waals surface area contributed by atoms with Crippen LogP contribution in [0.15, 0.2) is 22.7 Å². The fourth-order valence-electron chi connectivity index (χ4n) is 2.18. The third-order valence-corrected chi connectivity index (χ3v) is 4.55. The molecule has 20 heavy (non-hydrogen) atoms. The molecule has 0 fully saturated rings. The first kappa shape index (κ1) is 15.3. The van der Waals surface area contributed by atoms with Gasteiger partial charge in [0.15, 0.2) is 5.78 Å². The zero-order valence-electron chi connectivity index (χ0n) is 11.7. The van der Waals surface area contributed by atoms with Crippen molar-refractivity contribution in [1.82, 2.24) is 9.78 Å². The van der Waals surface area contributed by atoms with Crippen LogP contribution in [0.3, 0.4) is 0 Å². The van der Waals surface area contributed by atoms with Gasteiger partial charge in [-0.2, -0.15) is 5.10 Å². The molecule has 0 aliphatic rings. The number of Topliss-reactive ketones (excluding diaryl/α,β-unsaturated/α-hetero) is 1. The number of carbonyl (C=O) groups excluding carboxylic acids is 1. The molecule has 5 heteroatoms. The molecule has 3 nitrogen and oxygen atoms in total. The fraction of sp³-hybridized carbons (Fsp3) is 0.333. The number of hydrogen-bond donors (Lipinski definition) is 0. The predicted molar refractivity (Wildman–Crippen MR) is 84.6 cm³/mol. The van der Waals surface area contributed by atoms with Crippen molar-refractivity contribution in [3.8, 4) is 0 Å². The summed E-state index contributed by atoms with van der Waals surface area (Å²) in [5.41, 5.74) is 3.42. The molecule has 0 saturated heterocycles. The third kappa shape index (κ3) is 2.96. The van der Waals surface area contributed by atoms with E-state index in [1.165, 1.54) is 0 Å². The Balaban J connectivity index is 2.35. The molecule has 0 aliphatic carbocycles. The van der Waals surface area contributed by atoms with Crippen molar-refractivity contribution in [2.75, 3.05) is 0 Å². The number of aryl methyl sites for hydroxylation is 3. The van der Waals surface area contributed by atoms with Gasteiger partial charge in [-0.15, -0.1) is 0 Å². The fourth-order valence-corrected chi connectivity index (χ4v) is 2.78. The standard InChI is InChI=1S/C15H16BrClN2O/c1-4-19-13(15(16)10(3)18-19)8-14(20)12-7-11(17)6-5-9(12)2/h5-7H,4,8H2,1-3H3. The molecule has 0 radical (unpaired) electrons. The lowest BCUT2D eigenvalue weighted by Gasteiger charge is -2.08. The van der Waals surface area contributed by atoms with Crippen molar-refractivity contribution in [1.29, 1.82) is 0 Å². The molecule has 1 aromatic carbocycles. The topological polar surface area (TPSA) is 34.9 Å². The summed E-state index contributed by atoms with van der Waals surface area (Å²) in [6.07, 6.45) is 0.316. The van der Waals surface area contributed by atoms with Gasteiger partial charge >= 0.3 is 0 Å². The van der Waals surface area contributed by atoms with E-state index < -0.39 is 0 Å². The molecule has 2 rings (SSSR count). The predicted octanol–water partition coefficient (Wildman–Crippen LogP) is 4.36. The van der Waals surface area contributed by atoms with Crippen molar-refractivity contribution >= 4 is 33.3 Å². The summed E-state index contributed by atoms with van der Waals surface area (Å²) in [6, 6.07) is 5.39. The molecule has 2 aromatic rings. The smallest absolute Gasteiger partial charge is 0.169 e. The van der Waals surface area contributed by atoms with E-state index in [0.29, 0.717) is 17.0 Å². The molecule has 0 unspecified atom stereocenters. The Morgan fingerprint density at radius 3 is 2.75 bits per heavy atom. The highest BCUT2D eigenvalue weighted by atomic mass is 79.9. The van der Waals surface area contributed by atoms with Crippen LogP contribution in [0.4, 0.5) is 0 Å². The Bertz CT molecular complexity index is 664. The lowest BCUT2D eigenvalue weighted by atomic mass is 10.0. The van der Waals surface area contributed by atoms with Crippen molar-refractivity contribution in [3.63, 3.8) is 0 Å². The minimum Gasteiger partial charge on any atom is -0.294 e. The minimum absolute atomic E-state index is 0.0558. The molecule has 0 saturated carbocycles. The van der Waals surface area contributed by atoms with Crippen molar-refractivity contribution in [3.05, 3.63) is 50.2 Å². The Morgan fingerprint density at radius 1 is 1.40 bits per heavy atom. The highest BCUT2D eigenvalue weighted by molar-refractivity contribution is 9.10. The largest absolute Gasteiger partial charge is 0.294 e. The van der Waals surface area contributed by atoms with Gasteiger partial charge in [0.25, 0.3) is 0 Å². The van der Waals surface area contributed by atoms with Gasteiger partial charge in [-0.3, -0.25) is 9.48 Å². The molecule has 106 valence electrons. The Hall–Kier alpha value is -1.13. The molecular formula is C15H16BrClN2O. The summed E-state index contributed by atoms with van der Waals surface area (Å²) < 4.78 is 2.77. The number of benzene rings is 1. The molecular weight excluding hydrogens is 340 g/mol. The first-order chi connectivity index (χ1) is 9.43. The average Bonchev–Trinajstić information content (AvgIpc) is 2.69. The van der Waals surface area contributed by atoms with Crippen LogP contribution < -0.4 is 0 Å². The van der Waals surface area contributed by atoms with Gasteiger partial charge < -0.3 is 0 Å². The van der Waals surface area contributed by atoms with Crippen molar-refractivity contribution in [2.45, 2.75) is 33.7 Å². The van der Waals surface area contributed by atoms with E-state index in [0.717, 1.165) is 28.0 Å². The van der Waals surface area contributed by atoms with Gasteiger partial charge in [0.2, 0.25) is 0 Å². The number of aromatic nitrogens is 2. The summed E-state index contributed by atoms with van der Waals surface area (Å²) in [5, 5.41) is 4.99. The van der Waals surface area contributed by atoms with Gasteiger partial charge in [0.05, 0.1) is 22.3 Å². The molecule has 0 N–H and O–H groups in total. The number of nitrogens with zero attached hydrogens (tertiary/aromatic N) is 2. The van der Waals surface area contributed by atoms with E-state index >= 15 is 0 Å². The third-order valence-electron chi connectivity index (χ3n) is 3.28. The SMILES string of the molecule is CCn1nc(C)c(Br)c1CC(=O)c1cc(Cl)ccc1C. The summed E-state index contributed by atoms with van der Waals surface area (Å²) in [6.45, 7) is 6.59. The van der Waals surface area contributed by atoms with Gasteiger partial charge in [0, 0.05) is 17.1 Å². The maximum absolute atomic E-state index is 12.5. The minimum atomic E-state index is 0.0558. The Labute approximate surface area is 132 Å². The summed E-state index contributed by atoms with van der Waals surface area (Å²) in [5.74, 6) is 0.0558. The Morgan fingerprint density at radius 2 is 2.10 bits per heavy atom. The van der Waals surface area contributed by atoms with Gasteiger partial charge in [0.1, 0.15) is 0 Å². The molecule has 1 heterocycles. The van der Waals surface area contributed by atoms with Crippen LogP contribution in [-0.2, 0) is 13.0 Å². The second kappa shape index (κ2) is 6.10. The molecule has 0 aliphatic heterocycles. The van der Waals surface area contributed by atoms with E-state index in [-0.39, 0.29) is 5.78 Å². The number of hydrogen-bond acceptors (Lipinski definition) is 2. The monoisotopic (exact) mass is 354 g/mol. The molecule has 0 atom stereocenters. The zero-order valence-corrected chi connectivity index (χ0v) is 14.0. The molecule has 1 aromatic heterocycles. The quantitative estimate of drug-likeness (QED) is 0.764. The lowest BCUT2D eigenvalue weighted by molar-refractivity contribution is 0.0989. The van der Waals surface area contributed by atoms with Crippen LogP contribution in [-0.4, -0.2) is 15.6 Å². The summed E-state index contributed by atoms with van der Waals surface area (Å²) in [4.78, 5) is 12.5.